The van der Waals surface area contributed by atoms with E-state index in [0.717, 1.165) is 5.69 Å². The smallest absolute Gasteiger partial charge is 0.321 e. The molecular formula is C23H23N3O5. The molecule has 8 heteroatoms. The number of para-hydroxylation sites is 1. The monoisotopic (exact) mass is 421 g/mol. The van der Waals surface area contributed by atoms with Crippen molar-refractivity contribution in [3.05, 3.63) is 65.7 Å². The Labute approximate surface area is 179 Å². The number of nitrogens with zero attached hydrogens (tertiary/aromatic N) is 1. The zero-order valence-electron chi connectivity index (χ0n) is 16.8. The molecule has 0 atom stereocenters. The number of piperidine rings is 1. The largest absolute Gasteiger partial charge is 0.486 e. The van der Waals surface area contributed by atoms with Crippen molar-refractivity contribution in [2.24, 2.45) is 0 Å². The van der Waals surface area contributed by atoms with Crippen molar-refractivity contribution in [3.8, 4) is 5.75 Å². The molecule has 0 aliphatic carbocycles. The first-order chi connectivity index (χ1) is 15.0. The van der Waals surface area contributed by atoms with Gasteiger partial charge in [-0.1, -0.05) is 24.3 Å². The average molecular weight is 421 g/mol. The highest BCUT2D eigenvalue weighted by atomic mass is 16.5. The van der Waals surface area contributed by atoms with Crippen molar-refractivity contribution >= 4 is 29.5 Å². The molecule has 2 aromatic carbocycles. The standard InChI is InChI=1S/C23H23N3O5/c27-19-15-23(31-20-8-6-16(14-18(19)20)7-9-21(28)25-30)10-12-26(13-11-23)22(29)24-17-4-2-1-3-5-17/h1-9,14,30H,10-13,15H2,(H,24,29)(H,25,28)/b9-7+. The van der Waals surface area contributed by atoms with Crippen molar-refractivity contribution in [3.63, 3.8) is 0 Å². The lowest BCUT2D eigenvalue weighted by Gasteiger charge is -2.43. The summed E-state index contributed by atoms with van der Waals surface area (Å²) in [4.78, 5) is 38.3. The van der Waals surface area contributed by atoms with Crippen LogP contribution in [0.25, 0.3) is 6.08 Å². The Kier molecular flexibility index (Phi) is 5.73. The summed E-state index contributed by atoms with van der Waals surface area (Å²) in [5.41, 5.74) is 2.78. The molecule has 1 fully saturated rings. The van der Waals surface area contributed by atoms with E-state index in [4.69, 9.17) is 9.94 Å². The Hall–Kier alpha value is -3.65. The molecule has 3 N–H and O–H groups in total. The summed E-state index contributed by atoms with van der Waals surface area (Å²) in [7, 11) is 0. The lowest BCUT2D eigenvalue weighted by molar-refractivity contribution is -0.124. The van der Waals surface area contributed by atoms with Crippen LogP contribution in [0.4, 0.5) is 10.5 Å². The van der Waals surface area contributed by atoms with Crippen LogP contribution in [0.3, 0.4) is 0 Å². The molecule has 4 rings (SSSR count). The van der Waals surface area contributed by atoms with Crippen LogP contribution in [0.15, 0.2) is 54.6 Å². The number of hydrogen-bond acceptors (Lipinski definition) is 5. The number of amides is 3. The Morgan fingerprint density at radius 2 is 1.84 bits per heavy atom. The molecule has 0 radical (unpaired) electrons. The summed E-state index contributed by atoms with van der Waals surface area (Å²) in [5.74, 6) is -0.158. The second kappa shape index (κ2) is 8.61. The first-order valence-corrected chi connectivity index (χ1v) is 10.1. The molecule has 0 unspecified atom stereocenters. The number of benzene rings is 2. The molecule has 0 bridgehead atoms. The molecule has 0 saturated carbocycles. The number of rotatable bonds is 3. The molecule has 2 aliphatic heterocycles. The van der Waals surface area contributed by atoms with E-state index in [-0.39, 0.29) is 18.2 Å². The second-order valence-electron chi connectivity index (χ2n) is 7.73. The Balaban J connectivity index is 1.41. The van der Waals surface area contributed by atoms with Crippen molar-refractivity contribution < 1.29 is 24.3 Å². The zero-order valence-corrected chi connectivity index (χ0v) is 16.8. The van der Waals surface area contributed by atoms with Gasteiger partial charge in [0.1, 0.15) is 11.4 Å². The Bertz CT molecular complexity index is 1030. The van der Waals surface area contributed by atoms with E-state index in [1.807, 2.05) is 30.3 Å². The van der Waals surface area contributed by atoms with E-state index in [1.165, 1.54) is 17.6 Å². The van der Waals surface area contributed by atoms with Gasteiger partial charge in [-0.3, -0.25) is 14.8 Å². The molecule has 2 aromatic rings. The number of anilines is 1. The van der Waals surface area contributed by atoms with Gasteiger partial charge in [0.2, 0.25) is 0 Å². The second-order valence-corrected chi connectivity index (χ2v) is 7.73. The van der Waals surface area contributed by atoms with Gasteiger partial charge in [-0.25, -0.2) is 10.3 Å². The van der Waals surface area contributed by atoms with Gasteiger partial charge in [0.15, 0.2) is 5.78 Å². The van der Waals surface area contributed by atoms with E-state index in [1.54, 1.807) is 23.1 Å². The van der Waals surface area contributed by atoms with Crippen LogP contribution in [0, 0.1) is 0 Å². The maximum absolute atomic E-state index is 12.8. The summed E-state index contributed by atoms with van der Waals surface area (Å²) < 4.78 is 6.26. The molecular weight excluding hydrogens is 398 g/mol. The van der Waals surface area contributed by atoms with Crippen LogP contribution in [0.1, 0.15) is 35.2 Å². The lowest BCUT2D eigenvalue weighted by Crippen LogP contribution is -2.53. The Morgan fingerprint density at radius 3 is 2.55 bits per heavy atom. The highest BCUT2D eigenvalue weighted by Crippen LogP contribution is 2.39. The topological polar surface area (TPSA) is 108 Å². The molecule has 1 saturated heterocycles. The number of ether oxygens (including phenoxy) is 1. The average Bonchev–Trinajstić information content (AvgIpc) is 2.78. The molecule has 1 spiro atoms. The van der Waals surface area contributed by atoms with Crippen molar-refractivity contribution in [2.45, 2.75) is 24.9 Å². The number of fused-ring (bicyclic) bond motifs is 1. The quantitative estimate of drug-likeness (QED) is 0.401. The van der Waals surface area contributed by atoms with Crippen molar-refractivity contribution in [2.75, 3.05) is 18.4 Å². The fourth-order valence-electron chi connectivity index (χ4n) is 3.94. The highest BCUT2D eigenvalue weighted by Gasteiger charge is 2.43. The van der Waals surface area contributed by atoms with Gasteiger partial charge in [-0.2, -0.15) is 0 Å². The van der Waals surface area contributed by atoms with Gasteiger partial charge in [0.05, 0.1) is 12.0 Å². The van der Waals surface area contributed by atoms with Gasteiger partial charge in [-0.15, -0.1) is 0 Å². The predicted octanol–water partition coefficient (Wildman–Crippen LogP) is 3.24. The van der Waals surface area contributed by atoms with E-state index >= 15 is 0 Å². The zero-order chi connectivity index (χ0) is 21.8. The van der Waals surface area contributed by atoms with E-state index < -0.39 is 11.5 Å². The molecule has 3 amide bonds. The third kappa shape index (κ3) is 4.59. The minimum atomic E-state index is -0.651. The molecule has 0 aromatic heterocycles. The molecule has 31 heavy (non-hydrogen) atoms. The summed E-state index contributed by atoms with van der Waals surface area (Å²) in [6, 6.07) is 14.3. The van der Waals surface area contributed by atoms with Gasteiger partial charge >= 0.3 is 6.03 Å². The number of hydrogen-bond donors (Lipinski definition) is 3. The number of carbonyl (C=O) groups excluding carboxylic acids is 3. The van der Waals surface area contributed by atoms with Crippen LogP contribution in [0.2, 0.25) is 0 Å². The molecule has 8 nitrogen and oxygen atoms in total. The van der Waals surface area contributed by atoms with E-state index in [9.17, 15) is 14.4 Å². The fourth-order valence-corrected chi connectivity index (χ4v) is 3.94. The third-order valence-corrected chi connectivity index (χ3v) is 5.64. The SMILES string of the molecule is O=C(/C=C/c1ccc2c(c1)C(=O)CC1(CCN(C(=O)Nc3ccccc3)CC1)O2)NO. The van der Waals surface area contributed by atoms with E-state index in [2.05, 4.69) is 5.32 Å². The number of likely N-dealkylation sites (tertiary alicyclic amines) is 1. The molecule has 160 valence electrons. The third-order valence-electron chi connectivity index (χ3n) is 5.64. The van der Waals surface area contributed by atoms with Crippen molar-refractivity contribution in [1.82, 2.24) is 10.4 Å². The lowest BCUT2D eigenvalue weighted by atomic mass is 9.82. The normalized spacial score (nSPS) is 17.2. The highest BCUT2D eigenvalue weighted by molar-refractivity contribution is 6.01. The van der Waals surface area contributed by atoms with Crippen LogP contribution in [-0.4, -0.2) is 46.5 Å². The summed E-state index contributed by atoms with van der Waals surface area (Å²) in [6.07, 6.45) is 4.07. The van der Waals surface area contributed by atoms with Crippen LogP contribution >= 0.6 is 0 Å². The fraction of sp³-hybridized carbons (Fsp3) is 0.261. The van der Waals surface area contributed by atoms with Gasteiger partial charge in [0.25, 0.3) is 5.91 Å². The Morgan fingerprint density at radius 1 is 1.10 bits per heavy atom. The predicted molar refractivity (Wildman–Crippen MR) is 114 cm³/mol. The summed E-state index contributed by atoms with van der Waals surface area (Å²) >= 11 is 0. The van der Waals surface area contributed by atoms with Crippen LogP contribution in [0.5, 0.6) is 5.75 Å². The first kappa shape index (κ1) is 20.6. The van der Waals surface area contributed by atoms with Gasteiger partial charge in [-0.05, 0) is 35.9 Å². The minimum absolute atomic E-state index is 0.0229. The number of nitrogens with one attached hydrogen (secondary N) is 2. The molecule has 2 heterocycles. The first-order valence-electron chi connectivity index (χ1n) is 10.1. The van der Waals surface area contributed by atoms with Gasteiger partial charge in [0, 0.05) is 37.7 Å². The van der Waals surface area contributed by atoms with Crippen LogP contribution < -0.4 is 15.5 Å². The minimum Gasteiger partial charge on any atom is -0.486 e. The number of hydroxylamine groups is 1. The van der Waals surface area contributed by atoms with Crippen molar-refractivity contribution in [1.29, 1.82) is 0 Å². The number of urea groups is 1. The van der Waals surface area contributed by atoms with Gasteiger partial charge < -0.3 is 15.0 Å². The van der Waals surface area contributed by atoms with E-state index in [0.29, 0.717) is 42.8 Å². The summed E-state index contributed by atoms with van der Waals surface area (Å²) in [5, 5.41) is 11.4. The number of carbonyl (C=O) groups is 3. The maximum atomic E-state index is 12.8. The number of Topliss-reactive ketones (excluding diaryl/α,β-unsaturated/α-hetero) is 1. The summed E-state index contributed by atoms with van der Waals surface area (Å²) in [6.45, 7) is 0.997. The van der Waals surface area contributed by atoms with Crippen LogP contribution in [-0.2, 0) is 4.79 Å². The number of ketones is 1. The molecule has 2 aliphatic rings. The maximum Gasteiger partial charge on any atom is 0.321 e.